The number of fused-ring (bicyclic) bond motifs is 1. The van der Waals surface area contributed by atoms with Crippen LogP contribution in [0.4, 0.5) is 0 Å². The second kappa shape index (κ2) is 8.97. The van der Waals surface area contributed by atoms with Gasteiger partial charge in [0, 0.05) is 6.54 Å². The molecule has 0 aliphatic carbocycles. The molecule has 0 bridgehead atoms. The van der Waals surface area contributed by atoms with Crippen molar-refractivity contribution in [2.45, 2.75) is 6.42 Å². The summed E-state index contributed by atoms with van der Waals surface area (Å²) in [5.74, 6) is 0.403. The summed E-state index contributed by atoms with van der Waals surface area (Å²) in [5, 5.41) is 3.29. The molecule has 2 aromatic carbocycles. The van der Waals surface area contributed by atoms with Crippen molar-refractivity contribution in [3.63, 3.8) is 0 Å². The van der Waals surface area contributed by atoms with Crippen molar-refractivity contribution in [3.8, 4) is 11.5 Å². The minimum absolute atomic E-state index is 0.230. The van der Waals surface area contributed by atoms with Crippen LogP contribution in [0.2, 0.25) is 10.0 Å². The molecule has 1 heterocycles. The van der Waals surface area contributed by atoms with Crippen LogP contribution in [-0.2, 0) is 16.0 Å². The number of esters is 1. The molecule has 1 amide bonds. The van der Waals surface area contributed by atoms with Gasteiger partial charge >= 0.3 is 5.97 Å². The average Bonchev–Trinajstić information content (AvgIpc) is 2.68. The Hall–Kier alpha value is -2.44. The highest BCUT2D eigenvalue weighted by molar-refractivity contribution is 6.42. The van der Waals surface area contributed by atoms with Crippen LogP contribution in [0.1, 0.15) is 15.9 Å². The van der Waals surface area contributed by atoms with Crippen LogP contribution in [0.5, 0.6) is 11.5 Å². The number of carbonyl (C=O) groups is 2. The summed E-state index contributed by atoms with van der Waals surface area (Å²) in [7, 11) is 0. The molecule has 8 heteroatoms. The predicted octanol–water partition coefficient (Wildman–Crippen LogP) is 3.28. The maximum absolute atomic E-state index is 11.9. The van der Waals surface area contributed by atoms with Crippen molar-refractivity contribution >= 4 is 35.1 Å². The first kappa shape index (κ1) is 19.3. The summed E-state index contributed by atoms with van der Waals surface area (Å²) in [6, 6.07) is 10.0. The lowest BCUT2D eigenvalue weighted by atomic mass is 10.1. The highest BCUT2D eigenvalue weighted by atomic mass is 35.5. The third kappa shape index (κ3) is 5.28. The van der Waals surface area contributed by atoms with E-state index in [9.17, 15) is 9.59 Å². The zero-order valence-corrected chi connectivity index (χ0v) is 15.8. The Morgan fingerprint density at radius 2 is 1.78 bits per heavy atom. The molecule has 0 unspecified atom stereocenters. The lowest BCUT2D eigenvalue weighted by molar-refractivity contribution is -0.124. The van der Waals surface area contributed by atoms with Crippen molar-refractivity contribution in [1.82, 2.24) is 5.32 Å². The Balaban J connectivity index is 1.42. The first-order chi connectivity index (χ1) is 13.0. The van der Waals surface area contributed by atoms with E-state index in [1.807, 2.05) is 18.2 Å². The van der Waals surface area contributed by atoms with Gasteiger partial charge in [-0.05, 0) is 42.3 Å². The fourth-order valence-electron chi connectivity index (χ4n) is 2.48. The minimum Gasteiger partial charge on any atom is -0.486 e. The van der Waals surface area contributed by atoms with E-state index in [2.05, 4.69) is 5.32 Å². The molecule has 0 aromatic heterocycles. The normalized spacial score (nSPS) is 12.4. The molecule has 0 radical (unpaired) electrons. The van der Waals surface area contributed by atoms with Crippen LogP contribution in [0.25, 0.3) is 0 Å². The van der Waals surface area contributed by atoms with Crippen molar-refractivity contribution in [2.75, 3.05) is 26.4 Å². The molecule has 1 aliphatic heterocycles. The molecule has 3 rings (SSSR count). The van der Waals surface area contributed by atoms with Crippen LogP contribution in [-0.4, -0.2) is 38.2 Å². The molecule has 0 atom stereocenters. The summed E-state index contributed by atoms with van der Waals surface area (Å²) in [5.41, 5.74) is 1.24. The highest BCUT2D eigenvalue weighted by Crippen LogP contribution is 2.30. The Morgan fingerprint density at radius 3 is 2.56 bits per heavy atom. The Morgan fingerprint density at radius 1 is 1.00 bits per heavy atom. The number of nitrogens with one attached hydrogen (secondary N) is 1. The fraction of sp³-hybridized carbons (Fsp3) is 0.263. The van der Waals surface area contributed by atoms with Crippen LogP contribution >= 0.6 is 23.2 Å². The van der Waals surface area contributed by atoms with E-state index in [-0.39, 0.29) is 23.1 Å². The van der Waals surface area contributed by atoms with Gasteiger partial charge in [0.25, 0.3) is 5.91 Å². The van der Waals surface area contributed by atoms with Crippen molar-refractivity contribution in [1.29, 1.82) is 0 Å². The number of hydrogen-bond acceptors (Lipinski definition) is 5. The van der Waals surface area contributed by atoms with E-state index in [1.54, 1.807) is 0 Å². The third-order valence-electron chi connectivity index (χ3n) is 3.83. The number of hydrogen-bond donors (Lipinski definition) is 1. The Bertz CT molecular complexity index is 856. The minimum atomic E-state index is -0.643. The van der Waals surface area contributed by atoms with Crippen molar-refractivity contribution in [3.05, 3.63) is 57.6 Å². The van der Waals surface area contributed by atoms with Gasteiger partial charge in [-0.3, -0.25) is 4.79 Å². The van der Waals surface area contributed by atoms with Gasteiger partial charge in [-0.25, -0.2) is 4.79 Å². The largest absolute Gasteiger partial charge is 0.486 e. The lowest BCUT2D eigenvalue weighted by Crippen LogP contribution is -2.30. The smallest absolute Gasteiger partial charge is 0.338 e. The van der Waals surface area contributed by atoms with Crippen LogP contribution in [0.3, 0.4) is 0 Å². The monoisotopic (exact) mass is 409 g/mol. The van der Waals surface area contributed by atoms with Gasteiger partial charge in [0.15, 0.2) is 18.1 Å². The summed E-state index contributed by atoms with van der Waals surface area (Å²) in [6.45, 7) is 1.10. The lowest BCUT2D eigenvalue weighted by Gasteiger charge is -2.18. The van der Waals surface area contributed by atoms with Crippen molar-refractivity contribution < 1.29 is 23.8 Å². The quantitative estimate of drug-likeness (QED) is 0.740. The van der Waals surface area contributed by atoms with Crippen LogP contribution in [0, 0.1) is 0 Å². The standard InChI is InChI=1S/C19H17Cl2NO5/c20-14-3-2-13(10-15(14)21)19(24)27-11-18(23)22-6-5-12-1-4-16-17(9-12)26-8-7-25-16/h1-4,9-10H,5-8,11H2,(H,22,23). The van der Waals surface area contributed by atoms with E-state index in [4.69, 9.17) is 37.4 Å². The molecule has 27 heavy (non-hydrogen) atoms. The summed E-state index contributed by atoms with van der Waals surface area (Å²) >= 11 is 11.7. The molecule has 0 spiro atoms. The zero-order valence-electron chi connectivity index (χ0n) is 14.3. The third-order valence-corrected chi connectivity index (χ3v) is 4.57. The molecule has 142 valence electrons. The van der Waals surface area contributed by atoms with Crippen molar-refractivity contribution in [2.24, 2.45) is 0 Å². The van der Waals surface area contributed by atoms with Gasteiger partial charge in [0.2, 0.25) is 0 Å². The topological polar surface area (TPSA) is 73.9 Å². The molecular formula is C19H17Cl2NO5. The molecule has 6 nitrogen and oxygen atoms in total. The predicted molar refractivity (Wildman–Crippen MR) is 101 cm³/mol. The SMILES string of the molecule is O=C(COC(=O)c1ccc(Cl)c(Cl)c1)NCCc1ccc2c(c1)OCCO2. The number of carbonyl (C=O) groups excluding carboxylic acids is 2. The summed E-state index contributed by atoms with van der Waals surface area (Å²) < 4.78 is 16.0. The van der Waals surface area contributed by atoms with Gasteiger partial charge in [0.05, 0.1) is 15.6 Å². The van der Waals surface area contributed by atoms with E-state index >= 15 is 0 Å². The van der Waals surface area contributed by atoms with Gasteiger partial charge in [-0.1, -0.05) is 29.3 Å². The van der Waals surface area contributed by atoms with Crippen LogP contribution in [0.15, 0.2) is 36.4 Å². The molecular weight excluding hydrogens is 393 g/mol. The second-order valence-electron chi connectivity index (χ2n) is 5.78. The van der Waals surface area contributed by atoms with E-state index in [0.29, 0.717) is 37.0 Å². The Labute approximate surface area is 166 Å². The fourth-order valence-corrected chi connectivity index (χ4v) is 2.78. The second-order valence-corrected chi connectivity index (χ2v) is 6.60. The van der Waals surface area contributed by atoms with E-state index in [0.717, 1.165) is 11.3 Å². The van der Waals surface area contributed by atoms with Gasteiger partial charge in [0.1, 0.15) is 13.2 Å². The zero-order chi connectivity index (χ0) is 19.2. The molecule has 1 N–H and O–H groups in total. The maximum Gasteiger partial charge on any atom is 0.338 e. The highest BCUT2D eigenvalue weighted by Gasteiger charge is 2.13. The maximum atomic E-state index is 11.9. The molecule has 0 saturated heterocycles. The molecule has 0 fully saturated rings. The average molecular weight is 410 g/mol. The first-order valence-electron chi connectivity index (χ1n) is 8.30. The van der Waals surface area contributed by atoms with Gasteiger partial charge in [-0.2, -0.15) is 0 Å². The number of halogens is 2. The molecule has 1 aliphatic rings. The molecule has 0 saturated carbocycles. The van der Waals surface area contributed by atoms with E-state index in [1.165, 1.54) is 18.2 Å². The van der Waals surface area contributed by atoms with Crippen LogP contribution < -0.4 is 14.8 Å². The summed E-state index contributed by atoms with van der Waals surface area (Å²) in [6.07, 6.45) is 0.614. The number of amides is 1. The van der Waals surface area contributed by atoms with Gasteiger partial charge < -0.3 is 19.5 Å². The van der Waals surface area contributed by atoms with E-state index < -0.39 is 5.97 Å². The first-order valence-corrected chi connectivity index (χ1v) is 9.06. The number of benzene rings is 2. The van der Waals surface area contributed by atoms with Gasteiger partial charge in [-0.15, -0.1) is 0 Å². The summed E-state index contributed by atoms with van der Waals surface area (Å²) in [4.78, 5) is 23.8. The molecule has 2 aromatic rings. The Kier molecular flexibility index (Phi) is 6.42. The number of rotatable bonds is 6. The number of ether oxygens (including phenoxy) is 3.